The summed E-state index contributed by atoms with van der Waals surface area (Å²) < 4.78 is 4.98. The van der Waals surface area contributed by atoms with E-state index in [1.54, 1.807) is 18.0 Å². The minimum Gasteiger partial charge on any atom is -0.466 e. The molecule has 0 fully saturated rings. The Labute approximate surface area is 216 Å². The summed E-state index contributed by atoms with van der Waals surface area (Å²) in [5.74, 6) is -0.0907. The molecule has 0 radical (unpaired) electrons. The van der Waals surface area contributed by atoms with E-state index in [1.165, 1.54) is 4.90 Å². The maximum atomic E-state index is 11.4. The predicted octanol–water partition coefficient (Wildman–Crippen LogP) is 7.21. The highest BCUT2D eigenvalue weighted by atomic mass is 32.2. The highest BCUT2D eigenvalue weighted by Gasteiger charge is 2.08. The van der Waals surface area contributed by atoms with Crippen molar-refractivity contribution in [3.05, 3.63) is 78.2 Å². The zero-order chi connectivity index (χ0) is 25.0. The van der Waals surface area contributed by atoms with Crippen molar-refractivity contribution < 1.29 is 9.53 Å². The first kappa shape index (κ1) is 25.5. The summed E-state index contributed by atoms with van der Waals surface area (Å²) in [6.07, 6.45) is 10.4. The van der Waals surface area contributed by atoms with Crippen LogP contribution in [0, 0.1) is 0 Å². The first-order valence-electron chi connectivity index (χ1n) is 12.5. The molecular weight excluding hydrogens is 468 g/mol. The summed E-state index contributed by atoms with van der Waals surface area (Å²) in [5.41, 5.74) is 3.95. The van der Waals surface area contributed by atoms with Gasteiger partial charge in [-0.15, -0.1) is 0 Å². The van der Waals surface area contributed by atoms with Crippen LogP contribution in [0.3, 0.4) is 0 Å². The van der Waals surface area contributed by atoms with Crippen molar-refractivity contribution in [2.45, 2.75) is 48.8 Å². The third-order valence-corrected chi connectivity index (χ3v) is 6.77. The molecule has 7 heteroatoms. The number of nitrogens with zero attached hydrogens (tertiary/aromatic N) is 2. The molecule has 0 aliphatic heterocycles. The molecule has 0 amide bonds. The Morgan fingerprint density at radius 3 is 2.75 bits per heavy atom. The van der Waals surface area contributed by atoms with Crippen LogP contribution in [0.4, 0.5) is 5.69 Å². The second kappa shape index (κ2) is 13.5. The highest BCUT2D eigenvalue weighted by molar-refractivity contribution is 7.99. The van der Waals surface area contributed by atoms with Gasteiger partial charge in [-0.25, -0.2) is 0 Å². The third-order valence-electron chi connectivity index (χ3n) is 5.71. The predicted molar refractivity (Wildman–Crippen MR) is 148 cm³/mol. The summed E-state index contributed by atoms with van der Waals surface area (Å²) >= 11 is 1.74. The lowest BCUT2D eigenvalue weighted by Crippen LogP contribution is -2.04. The van der Waals surface area contributed by atoms with Crippen molar-refractivity contribution in [1.29, 1.82) is 0 Å². The van der Waals surface area contributed by atoms with E-state index in [2.05, 4.69) is 63.0 Å². The van der Waals surface area contributed by atoms with Crippen molar-refractivity contribution in [1.82, 2.24) is 15.2 Å². The Balaban J connectivity index is 1.31. The lowest BCUT2D eigenvalue weighted by atomic mass is 10.1. The Kier molecular flexibility index (Phi) is 9.56. The number of aromatic amines is 1. The number of nitrogens with one attached hydrogen (secondary N) is 2. The SMILES string of the molecule is CCOC(=O)CCCCCCNc1ccccc1Sc1ccc2c(C=Cc3ccccn3)n[nH]c2c1. The zero-order valence-electron chi connectivity index (χ0n) is 20.6. The van der Waals surface area contributed by atoms with E-state index in [-0.39, 0.29) is 5.97 Å². The number of carbonyl (C=O) groups is 1. The van der Waals surface area contributed by atoms with E-state index < -0.39 is 0 Å². The van der Waals surface area contributed by atoms with Crippen LogP contribution in [0.25, 0.3) is 23.1 Å². The van der Waals surface area contributed by atoms with Crippen molar-refractivity contribution >= 4 is 46.5 Å². The molecule has 0 unspecified atom stereocenters. The molecule has 0 saturated heterocycles. The van der Waals surface area contributed by atoms with Gasteiger partial charge < -0.3 is 10.1 Å². The summed E-state index contributed by atoms with van der Waals surface area (Å²) in [7, 11) is 0. The zero-order valence-corrected chi connectivity index (χ0v) is 21.4. The van der Waals surface area contributed by atoms with Gasteiger partial charge in [0.15, 0.2) is 0 Å². The summed E-state index contributed by atoms with van der Waals surface area (Å²) in [6.45, 7) is 3.21. The van der Waals surface area contributed by atoms with Crippen LogP contribution in [0.15, 0.2) is 76.7 Å². The molecule has 0 spiro atoms. The molecule has 0 aliphatic rings. The summed E-state index contributed by atoms with van der Waals surface area (Å²) in [6, 6.07) is 20.6. The average Bonchev–Trinajstić information content (AvgIpc) is 3.31. The number of fused-ring (bicyclic) bond motifs is 1. The van der Waals surface area contributed by atoms with Crippen molar-refractivity contribution in [3.63, 3.8) is 0 Å². The van der Waals surface area contributed by atoms with Crippen molar-refractivity contribution in [3.8, 4) is 0 Å². The number of esters is 1. The molecule has 36 heavy (non-hydrogen) atoms. The van der Waals surface area contributed by atoms with E-state index in [1.807, 2.05) is 37.3 Å². The van der Waals surface area contributed by atoms with Gasteiger partial charge in [-0.05, 0) is 74.4 Å². The molecular formula is C29H32N4O2S. The molecule has 4 rings (SSSR count). The molecule has 4 aromatic rings. The minimum atomic E-state index is -0.0907. The van der Waals surface area contributed by atoms with Gasteiger partial charge in [0.05, 0.1) is 23.5 Å². The number of aromatic nitrogens is 3. The molecule has 6 nitrogen and oxygen atoms in total. The van der Waals surface area contributed by atoms with Crippen LogP contribution in [-0.4, -0.2) is 34.3 Å². The second-order valence-corrected chi connectivity index (χ2v) is 9.51. The number of ether oxygens (including phenoxy) is 1. The number of benzene rings is 2. The first-order valence-corrected chi connectivity index (χ1v) is 13.3. The van der Waals surface area contributed by atoms with Crippen LogP contribution in [0.1, 0.15) is 50.4 Å². The number of hydrogen-bond acceptors (Lipinski definition) is 6. The largest absolute Gasteiger partial charge is 0.466 e. The fraction of sp³-hybridized carbons (Fsp3) is 0.276. The van der Waals surface area contributed by atoms with Crippen molar-refractivity contribution in [2.24, 2.45) is 0 Å². The van der Waals surface area contributed by atoms with E-state index in [0.29, 0.717) is 13.0 Å². The van der Waals surface area contributed by atoms with Gasteiger partial charge in [-0.3, -0.25) is 14.9 Å². The van der Waals surface area contributed by atoms with E-state index >= 15 is 0 Å². The molecule has 0 saturated carbocycles. The Morgan fingerprint density at radius 2 is 1.89 bits per heavy atom. The molecule has 2 aromatic carbocycles. The van der Waals surface area contributed by atoms with Crippen LogP contribution in [0.5, 0.6) is 0 Å². The normalized spacial score (nSPS) is 11.2. The van der Waals surface area contributed by atoms with Gasteiger partial charge in [-0.2, -0.15) is 5.10 Å². The van der Waals surface area contributed by atoms with Gasteiger partial charge in [0.25, 0.3) is 0 Å². The Hall–Kier alpha value is -3.58. The van der Waals surface area contributed by atoms with Crippen LogP contribution in [-0.2, 0) is 9.53 Å². The van der Waals surface area contributed by atoms with Gasteiger partial charge in [0.2, 0.25) is 0 Å². The number of unbranched alkanes of at least 4 members (excludes halogenated alkanes) is 3. The molecule has 2 N–H and O–H groups in total. The molecule has 2 aromatic heterocycles. The molecule has 186 valence electrons. The number of para-hydroxylation sites is 1. The maximum absolute atomic E-state index is 11.4. The fourth-order valence-electron chi connectivity index (χ4n) is 3.88. The summed E-state index contributed by atoms with van der Waals surface area (Å²) in [5, 5.41) is 12.3. The van der Waals surface area contributed by atoms with Crippen LogP contribution >= 0.6 is 11.8 Å². The fourth-order valence-corrected chi connectivity index (χ4v) is 4.85. The second-order valence-electron chi connectivity index (χ2n) is 8.40. The molecule has 2 heterocycles. The maximum Gasteiger partial charge on any atom is 0.305 e. The van der Waals surface area contributed by atoms with Gasteiger partial charge in [-0.1, -0.05) is 42.8 Å². The smallest absolute Gasteiger partial charge is 0.305 e. The Bertz CT molecular complexity index is 1290. The molecule has 0 bridgehead atoms. The molecule has 0 atom stereocenters. The third kappa shape index (κ3) is 7.46. The number of hydrogen-bond donors (Lipinski definition) is 2. The summed E-state index contributed by atoms with van der Waals surface area (Å²) in [4.78, 5) is 18.1. The number of anilines is 1. The Morgan fingerprint density at radius 1 is 1.03 bits per heavy atom. The standard InChI is InChI=1S/C29H32N4O2S/c1-2-35-29(34)14-5-3-4-9-20-31-26-12-6-7-13-28(26)36-23-16-17-24-25(32-33-27(24)21-23)18-15-22-11-8-10-19-30-22/h6-8,10-13,15-19,21,31H,2-5,9,14,20H2,1H3,(H,32,33). The number of H-pyrrole nitrogens is 1. The quantitative estimate of drug-likeness (QED) is 0.149. The van der Waals surface area contributed by atoms with Gasteiger partial charge in [0.1, 0.15) is 0 Å². The van der Waals surface area contributed by atoms with E-state index in [9.17, 15) is 4.79 Å². The van der Waals surface area contributed by atoms with Crippen molar-refractivity contribution in [2.75, 3.05) is 18.5 Å². The lowest BCUT2D eigenvalue weighted by Gasteiger charge is -2.12. The van der Waals surface area contributed by atoms with E-state index in [0.717, 1.165) is 65.1 Å². The average molecular weight is 501 g/mol. The number of rotatable bonds is 13. The first-order chi connectivity index (χ1) is 17.7. The minimum absolute atomic E-state index is 0.0907. The number of pyridine rings is 1. The van der Waals surface area contributed by atoms with E-state index in [4.69, 9.17) is 4.74 Å². The molecule has 0 aliphatic carbocycles. The van der Waals surface area contributed by atoms with Gasteiger partial charge >= 0.3 is 5.97 Å². The van der Waals surface area contributed by atoms with Crippen LogP contribution < -0.4 is 5.32 Å². The monoisotopic (exact) mass is 500 g/mol. The van der Waals surface area contributed by atoms with Crippen LogP contribution in [0.2, 0.25) is 0 Å². The highest BCUT2D eigenvalue weighted by Crippen LogP contribution is 2.35. The topological polar surface area (TPSA) is 79.9 Å². The van der Waals surface area contributed by atoms with Gasteiger partial charge in [0, 0.05) is 40.0 Å². The lowest BCUT2D eigenvalue weighted by molar-refractivity contribution is -0.143. The number of carbonyl (C=O) groups excluding carboxylic acids is 1.